The highest BCUT2D eigenvalue weighted by Gasteiger charge is 2.08. The Morgan fingerprint density at radius 1 is 1.47 bits per heavy atom. The fourth-order valence-corrected chi connectivity index (χ4v) is 1.34. The largest absolute Gasteiger partial charge is 0.472 e. The number of aryl methyl sites for hydroxylation is 1. The van der Waals surface area contributed by atoms with Gasteiger partial charge in [-0.15, -0.1) is 0 Å². The van der Waals surface area contributed by atoms with Crippen molar-refractivity contribution in [3.05, 3.63) is 36.0 Å². The van der Waals surface area contributed by atoms with Crippen molar-refractivity contribution in [1.29, 1.82) is 0 Å². The molecule has 0 saturated carbocycles. The van der Waals surface area contributed by atoms with Gasteiger partial charge < -0.3 is 4.42 Å². The molecule has 0 N–H and O–H groups in total. The first kappa shape index (κ1) is 9.58. The van der Waals surface area contributed by atoms with Crippen molar-refractivity contribution < 1.29 is 9.21 Å². The fraction of sp³-hybridized carbons (Fsp3) is 0.182. The summed E-state index contributed by atoms with van der Waals surface area (Å²) in [4.78, 5) is 19.5. The van der Waals surface area contributed by atoms with Crippen molar-refractivity contribution in [2.45, 2.75) is 13.8 Å². The van der Waals surface area contributed by atoms with Crippen LogP contribution in [0.2, 0.25) is 0 Å². The highest BCUT2D eigenvalue weighted by atomic mass is 16.3. The van der Waals surface area contributed by atoms with Gasteiger partial charge >= 0.3 is 0 Å². The van der Waals surface area contributed by atoms with E-state index in [2.05, 4.69) is 9.97 Å². The first-order valence-corrected chi connectivity index (χ1v) is 4.55. The molecule has 0 atom stereocenters. The molecule has 0 amide bonds. The quantitative estimate of drug-likeness (QED) is 0.701. The highest BCUT2D eigenvalue weighted by Crippen LogP contribution is 2.16. The predicted octanol–water partition coefficient (Wildman–Crippen LogP) is 2.25. The van der Waals surface area contributed by atoms with Crippen LogP contribution < -0.4 is 0 Å². The van der Waals surface area contributed by atoms with Gasteiger partial charge in [0.2, 0.25) is 0 Å². The average molecular weight is 202 g/mol. The topological polar surface area (TPSA) is 56.0 Å². The second-order valence-corrected chi connectivity index (χ2v) is 3.26. The normalized spacial score (nSPS) is 10.3. The number of hydrogen-bond donors (Lipinski definition) is 0. The van der Waals surface area contributed by atoms with Gasteiger partial charge in [0.25, 0.3) is 0 Å². The number of furan rings is 1. The van der Waals surface area contributed by atoms with E-state index in [0.29, 0.717) is 17.1 Å². The maximum atomic E-state index is 11.2. The Bertz CT molecular complexity index is 489. The van der Waals surface area contributed by atoms with Crippen LogP contribution in [0.3, 0.4) is 0 Å². The number of carbonyl (C=O) groups excluding carboxylic acids is 1. The second kappa shape index (κ2) is 3.65. The van der Waals surface area contributed by atoms with Crippen LogP contribution in [-0.4, -0.2) is 15.8 Å². The molecule has 2 aromatic heterocycles. The van der Waals surface area contributed by atoms with Crippen molar-refractivity contribution >= 4 is 5.78 Å². The lowest BCUT2D eigenvalue weighted by atomic mass is 10.2. The summed E-state index contributed by atoms with van der Waals surface area (Å²) in [6.45, 7) is 3.30. The molecule has 2 heterocycles. The minimum Gasteiger partial charge on any atom is -0.472 e. The second-order valence-electron chi connectivity index (χ2n) is 3.26. The molecule has 4 nitrogen and oxygen atoms in total. The summed E-state index contributed by atoms with van der Waals surface area (Å²) >= 11 is 0. The molecule has 4 heteroatoms. The molecule has 15 heavy (non-hydrogen) atoms. The highest BCUT2D eigenvalue weighted by molar-refractivity contribution is 5.94. The van der Waals surface area contributed by atoms with Crippen molar-refractivity contribution in [2.24, 2.45) is 0 Å². The Balaban J connectivity index is 2.47. The van der Waals surface area contributed by atoms with Gasteiger partial charge in [0.15, 0.2) is 11.6 Å². The molecule has 0 saturated heterocycles. The van der Waals surface area contributed by atoms with E-state index in [0.717, 1.165) is 5.56 Å². The van der Waals surface area contributed by atoms with E-state index in [1.807, 2.05) is 0 Å². The van der Waals surface area contributed by atoms with E-state index in [4.69, 9.17) is 4.42 Å². The minimum absolute atomic E-state index is 0.0220. The summed E-state index contributed by atoms with van der Waals surface area (Å²) in [7, 11) is 0. The molecule has 2 rings (SSSR count). The summed E-state index contributed by atoms with van der Waals surface area (Å²) in [6, 6.07) is 1.78. The smallest absolute Gasteiger partial charge is 0.163 e. The zero-order chi connectivity index (χ0) is 10.8. The first-order chi connectivity index (χ1) is 7.18. The number of hydrogen-bond acceptors (Lipinski definition) is 4. The zero-order valence-electron chi connectivity index (χ0n) is 8.52. The number of rotatable bonds is 2. The minimum atomic E-state index is -0.0220. The van der Waals surface area contributed by atoms with Gasteiger partial charge in [-0.2, -0.15) is 0 Å². The van der Waals surface area contributed by atoms with Crippen LogP contribution in [-0.2, 0) is 0 Å². The molecular weight excluding hydrogens is 192 g/mol. The Morgan fingerprint density at radius 3 is 2.80 bits per heavy atom. The average Bonchev–Trinajstić information content (AvgIpc) is 2.69. The van der Waals surface area contributed by atoms with Crippen molar-refractivity contribution in [1.82, 2.24) is 9.97 Å². The number of carbonyl (C=O) groups is 1. The molecule has 2 aromatic rings. The maximum Gasteiger partial charge on any atom is 0.163 e. The first-order valence-electron chi connectivity index (χ1n) is 4.55. The van der Waals surface area contributed by atoms with Crippen LogP contribution in [0, 0.1) is 6.92 Å². The van der Waals surface area contributed by atoms with E-state index in [1.54, 1.807) is 31.7 Å². The third kappa shape index (κ3) is 1.79. The van der Waals surface area contributed by atoms with E-state index < -0.39 is 0 Å². The summed E-state index contributed by atoms with van der Waals surface area (Å²) in [5.41, 5.74) is 2.06. The number of aromatic nitrogens is 2. The summed E-state index contributed by atoms with van der Waals surface area (Å²) in [6.07, 6.45) is 4.68. The van der Waals surface area contributed by atoms with Gasteiger partial charge in [-0.1, -0.05) is 0 Å². The Kier molecular flexibility index (Phi) is 2.33. The lowest BCUT2D eigenvalue weighted by Gasteiger charge is -2.01. The van der Waals surface area contributed by atoms with E-state index in [-0.39, 0.29) is 5.78 Å². The van der Waals surface area contributed by atoms with Crippen LogP contribution >= 0.6 is 0 Å². The molecule has 0 aliphatic heterocycles. The molecule has 76 valence electrons. The molecule has 0 aliphatic rings. The van der Waals surface area contributed by atoms with Crippen LogP contribution in [0.4, 0.5) is 0 Å². The third-order valence-corrected chi connectivity index (χ3v) is 2.14. The van der Waals surface area contributed by atoms with Crippen LogP contribution in [0.25, 0.3) is 11.4 Å². The van der Waals surface area contributed by atoms with E-state index in [1.165, 1.54) is 6.92 Å². The molecule has 0 radical (unpaired) electrons. The Morgan fingerprint density at radius 2 is 2.27 bits per heavy atom. The molecule has 0 aromatic carbocycles. The predicted molar refractivity (Wildman–Crippen MR) is 54.5 cm³/mol. The Hall–Kier alpha value is -1.97. The van der Waals surface area contributed by atoms with Gasteiger partial charge in [-0.3, -0.25) is 4.79 Å². The molecule has 0 aliphatic carbocycles. The van der Waals surface area contributed by atoms with Gasteiger partial charge in [-0.05, 0) is 19.9 Å². The summed E-state index contributed by atoms with van der Waals surface area (Å²) < 4.78 is 4.94. The molecule has 0 fully saturated rings. The Labute approximate surface area is 87.0 Å². The van der Waals surface area contributed by atoms with Crippen molar-refractivity contribution in [3.8, 4) is 11.4 Å². The molecule has 0 unspecified atom stereocenters. The van der Waals surface area contributed by atoms with Crippen molar-refractivity contribution in [3.63, 3.8) is 0 Å². The number of ketones is 1. The van der Waals surface area contributed by atoms with E-state index in [9.17, 15) is 4.79 Å². The third-order valence-electron chi connectivity index (χ3n) is 2.14. The van der Waals surface area contributed by atoms with Gasteiger partial charge in [0, 0.05) is 6.20 Å². The molecule has 0 bridgehead atoms. The van der Waals surface area contributed by atoms with Crippen LogP contribution in [0.5, 0.6) is 0 Å². The summed E-state index contributed by atoms with van der Waals surface area (Å²) in [5.74, 6) is 0.553. The zero-order valence-corrected chi connectivity index (χ0v) is 8.52. The fourth-order valence-electron chi connectivity index (χ4n) is 1.34. The van der Waals surface area contributed by atoms with Gasteiger partial charge in [-0.25, -0.2) is 9.97 Å². The van der Waals surface area contributed by atoms with E-state index >= 15 is 0 Å². The number of nitrogens with zero attached hydrogens (tertiary/aromatic N) is 2. The van der Waals surface area contributed by atoms with Crippen LogP contribution in [0.1, 0.15) is 23.0 Å². The lowest BCUT2D eigenvalue weighted by Crippen LogP contribution is -2.01. The van der Waals surface area contributed by atoms with Crippen LogP contribution in [0.15, 0.2) is 29.2 Å². The van der Waals surface area contributed by atoms with Gasteiger partial charge in [0.05, 0.1) is 23.1 Å². The lowest BCUT2D eigenvalue weighted by molar-refractivity contribution is 0.101. The molecular formula is C11H10N2O2. The van der Waals surface area contributed by atoms with Crippen molar-refractivity contribution in [2.75, 3.05) is 0 Å². The van der Waals surface area contributed by atoms with Gasteiger partial charge in [0.1, 0.15) is 6.26 Å². The molecule has 0 spiro atoms. The SMILES string of the molecule is CC(=O)c1cnc(-c2ccoc2)nc1C. The standard InChI is InChI=1S/C11H10N2O2/c1-7-10(8(2)14)5-12-11(13-7)9-3-4-15-6-9/h3-6H,1-2H3. The maximum absolute atomic E-state index is 11.2. The summed E-state index contributed by atoms with van der Waals surface area (Å²) in [5, 5.41) is 0. The number of Topliss-reactive ketones (excluding diaryl/α,β-unsaturated/α-hetero) is 1. The monoisotopic (exact) mass is 202 g/mol.